The lowest BCUT2D eigenvalue weighted by molar-refractivity contribution is -0.175. The minimum atomic E-state index is -4.10. The molecule has 1 aromatic rings. The Kier molecular flexibility index (Phi) is 5.54. The maximum absolute atomic E-state index is 12.9. The summed E-state index contributed by atoms with van der Waals surface area (Å²) in [5.74, 6) is -1.22. The van der Waals surface area contributed by atoms with Crippen molar-refractivity contribution in [1.82, 2.24) is 5.32 Å². The van der Waals surface area contributed by atoms with Gasteiger partial charge in [-0.05, 0) is 53.0 Å². The van der Waals surface area contributed by atoms with E-state index < -0.39 is 12.1 Å². The summed E-state index contributed by atoms with van der Waals surface area (Å²) in [5, 5.41) is 3.23. The Labute approximate surface area is 131 Å². The number of hydrogen-bond donors (Lipinski definition) is 1. The Hall–Kier alpha value is -0.750. The maximum atomic E-state index is 12.9. The van der Waals surface area contributed by atoms with Gasteiger partial charge >= 0.3 is 6.18 Å². The van der Waals surface area contributed by atoms with Crippen LogP contribution in [-0.4, -0.2) is 25.8 Å². The third-order valence-electron chi connectivity index (χ3n) is 3.82. The maximum Gasteiger partial charge on any atom is 0.393 e. The van der Waals surface area contributed by atoms with Gasteiger partial charge in [0.05, 0.1) is 11.6 Å². The van der Waals surface area contributed by atoms with Crippen molar-refractivity contribution >= 4 is 21.6 Å². The fourth-order valence-electron chi connectivity index (χ4n) is 2.65. The molecule has 0 amide bonds. The number of benzene rings is 1. The molecule has 0 aromatic heterocycles. The summed E-state index contributed by atoms with van der Waals surface area (Å²) in [7, 11) is 0. The average Bonchev–Trinajstić information content (AvgIpc) is 2.44. The lowest BCUT2D eigenvalue weighted by atomic mass is 9.97. The van der Waals surface area contributed by atoms with Crippen LogP contribution in [0.25, 0.3) is 0 Å². The van der Waals surface area contributed by atoms with Crippen LogP contribution in [0.4, 0.5) is 18.9 Å². The van der Waals surface area contributed by atoms with Gasteiger partial charge in [-0.25, -0.2) is 0 Å². The molecular weight excluding hydrogens is 345 g/mol. The standard InChI is InChI=1S/C15H20BrF3N2/c1-2-20-9-11-5-6-14(13(16)8-11)21-7-3-4-12(10-21)15(17,18)19/h5-6,8,12,20H,2-4,7,9-10H2,1H3. The first-order chi connectivity index (χ1) is 9.91. The Morgan fingerprint density at radius 1 is 1.38 bits per heavy atom. The summed E-state index contributed by atoms with van der Waals surface area (Å²) >= 11 is 3.49. The van der Waals surface area contributed by atoms with Crippen molar-refractivity contribution in [1.29, 1.82) is 0 Å². The average molecular weight is 365 g/mol. The van der Waals surface area contributed by atoms with Gasteiger partial charge in [-0.1, -0.05) is 13.0 Å². The summed E-state index contributed by atoms with van der Waals surface area (Å²) in [4.78, 5) is 1.84. The van der Waals surface area contributed by atoms with E-state index in [4.69, 9.17) is 0 Å². The molecule has 1 aliphatic heterocycles. The van der Waals surface area contributed by atoms with Crippen LogP contribution in [0.2, 0.25) is 0 Å². The molecule has 118 valence electrons. The molecule has 2 nitrogen and oxygen atoms in total. The molecule has 0 saturated carbocycles. The predicted molar refractivity (Wildman–Crippen MR) is 82.5 cm³/mol. The zero-order valence-corrected chi connectivity index (χ0v) is 13.6. The van der Waals surface area contributed by atoms with E-state index in [0.29, 0.717) is 13.0 Å². The fraction of sp³-hybridized carbons (Fsp3) is 0.600. The zero-order valence-electron chi connectivity index (χ0n) is 12.0. The zero-order chi connectivity index (χ0) is 15.5. The number of alkyl halides is 3. The van der Waals surface area contributed by atoms with Crippen molar-refractivity contribution in [3.63, 3.8) is 0 Å². The molecule has 2 rings (SSSR count). The van der Waals surface area contributed by atoms with E-state index in [1.165, 1.54) is 0 Å². The molecule has 0 aliphatic carbocycles. The van der Waals surface area contributed by atoms with Gasteiger partial charge in [0.2, 0.25) is 0 Å². The Morgan fingerprint density at radius 3 is 2.76 bits per heavy atom. The lowest BCUT2D eigenvalue weighted by Crippen LogP contribution is -2.41. The van der Waals surface area contributed by atoms with Crippen molar-refractivity contribution in [3.05, 3.63) is 28.2 Å². The number of hydrogen-bond acceptors (Lipinski definition) is 2. The van der Waals surface area contributed by atoms with Crippen LogP contribution >= 0.6 is 15.9 Å². The second-order valence-corrected chi connectivity index (χ2v) is 6.25. The largest absolute Gasteiger partial charge is 0.393 e. The van der Waals surface area contributed by atoms with Gasteiger partial charge in [-0.15, -0.1) is 0 Å². The first-order valence-electron chi connectivity index (χ1n) is 7.22. The minimum absolute atomic E-state index is 0.0503. The SMILES string of the molecule is CCNCc1ccc(N2CCCC(C(F)(F)F)C2)c(Br)c1. The summed E-state index contributed by atoms with van der Waals surface area (Å²) in [6, 6.07) is 5.87. The van der Waals surface area contributed by atoms with Gasteiger partial charge in [0.25, 0.3) is 0 Å². The van der Waals surface area contributed by atoms with E-state index in [-0.39, 0.29) is 13.0 Å². The van der Waals surface area contributed by atoms with Crippen LogP contribution < -0.4 is 10.2 Å². The van der Waals surface area contributed by atoms with E-state index in [0.717, 1.165) is 28.8 Å². The predicted octanol–water partition coefficient (Wildman–Crippen LogP) is 4.34. The summed E-state index contributed by atoms with van der Waals surface area (Å²) in [6.07, 6.45) is -3.29. The van der Waals surface area contributed by atoms with Crippen molar-refractivity contribution in [3.8, 4) is 0 Å². The summed E-state index contributed by atoms with van der Waals surface area (Å²) in [5.41, 5.74) is 1.97. The van der Waals surface area contributed by atoms with Crippen LogP contribution in [0.15, 0.2) is 22.7 Å². The topological polar surface area (TPSA) is 15.3 Å². The number of rotatable bonds is 4. The molecule has 1 atom stereocenters. The van der Waals surface area contributed by atoms with Crippen molar-refractivity contribution in [2.75, 3.05) is 24.5 Å². The number of halogens is 4. The molecule has 1 N–H and O–H groups in total. The molecule has 1 fully saturated rings. The number of anilines is 1. The Bertz CT molecular complexity index is 476. The van der Waals surface area contributed by atoms with Crippen LogP contribution in [0, 0.1) is 5.92 Å². The van der Waals surface area contributed by atoms with Crippen LogP contribution in [0.5, 0.6) is 0 Å². The number of nitrogens with zero attached hydrogens (tertiary/aromatic N) is 1. The molecule has 21 heavy (non-hydrogen) atoms. The monoisotopic (exact) mass is 364 g/mol. The molecule has 1 heterocycles. The van der Waals surface area contributed by atoms with Gasteiger partial charge in [0, 0.05) is 24.1 Å². The quantitative estimate of drug-likeness (QED) is 0.854. The smallest absolute Gasteiger partial charge is 0.370 e. The molecule has 1 saturated heterocycles. The fourth-order valence-corrected chi connectivity index (χ4v) is 3.33. The Morgan fingerprint density at radius 2 is 2.14 bits per heavy atom. The van der Waals surface area contributed by atoms with Gasteiger partial charge < -0.3 is 10.2 Å². The minimum Gasteiger partial charge on any atom is -0.370 e. The number of nitrogens with one attached hydrogen (secondary N) is 1. The van der Waals surface area contributed by atoms with E-state index in [9.17, 15) is 13.2 Å². The molecule has 0 spiro atoms. The Balaban J connectivity index is 2.10. The third kappa shape index (κ3) is 4.36. The highest BCUT2D eigenvalue weighted by Gasteiger charge is 2.42. The molecule has 1 unspecified atom stereocenters. The summed E-state index contributed by atoms with van der Waals surface area (Å²) < 4.78 is 39.5. The van der Waals surface area contributed by atoms with E-state index in [2.05, 4.69) is 21.2 Å². The van der Waals surface area contributed by atoms with Crippen molar-refractivity contribution < 1.29 is 13.2 Å². The van der Waals surface area contributed by atoms with Crippen molar-refractivity contribution in [2.24, 2.45) is 5.92 Å². The van der Waals surface area contributed by atoms with Crippen LogP contribution in [0.3, 0.4) is 0 Å². The molecular formula is C15H20BrF3N2. The molecule has 0 radical (unpaired) electrons. The highest BCUT2D eigenvalue weighted by atomic mass is 79.9. The first kappa shape index (κ1) is 16.6. The summed E-state index contributed by atoms with van der Waals surface area (Å²) in [6.45, 7) is 4.42. The van der Waals surface area contributed by atoms with Gasteiger partial charge in [0.1, 0.15) is 0 Å². The molecule has 6 heteroatoms. The van der Waals surface area contributed by atoms with E-state index in [1.54, 1.807) is 0 Å². The van der Waals surface area contributed by atoms with Crippen molar-refractivity contribution in [2.45, 2.75) is 32.5 Å². The third-order valence-corrected chi connectivity index (χ3v) is 4.45. The number of piperidine rings is 1. The van der Waals surface area contributed by atoms with Gasteiger partial charge in [-0.3, -0.25) is 0 Å². The second kappa shape index (κ2) is 7.01. The lowest BCUT2D eigenvalue weighted by Gasteiger charge is -2.35. The first-order valence-corrected chi connectivity index (χ1v) is 8.02. The molecule has 1 aliphatic rings. The normalized spacial score (nSPS) is 19.9. The van der Waals surface area contributed by atoms with Gasteiger partial charge in [-0.2, -0.15) is 13.2 Å². The second-order valence-electron chi connectivity index (χ2n) is 5.39. The van der Waals surface area contributed by atoms with Crippen LogP contribution in [-0.2, 0) is 6.54 Å². The highest BCUT2D eigenvalue weighted by molar-refractivity contribution is 9.10. The van der Waals surface area contributed by atoms with E-state index in [1.807, 2.05) is 30.0 Å². The van der Waals surface area contributed by atoms with Gasteiger partial charge in [0.15, 0.2) is 0 Å². The molecule has 1 aromatic carbocycles. The highest BCUT2D eigenvalue weighted by Crippen LogP contribution is 2.37. The van der Waals surface area contributed by atoms with E-state index >= 15 is 0 Å². The van der Waals surface area contributed by atoms with Crippen LogP contribution in [0.1, 0.15) is 25.3 Å². The molecule has 0 bridgehead atoms.